The van der Waals surface area contributed by atoms with Crippen LogP contribution in [-0.4, -0.2) is 18.1 Å². The molecule has 94 valence electrons. The molecule has 0 aromatic heterocycles. The zero-order chi connectivity index (χ0) is 12.6. The van der Waals surface area contributed by atoms with E-state index in [-0.39, 0.29) is 22.9 Å². The minimum Gasteiger partial charge on any atom is -0.489 e. The van der Waals surface area contributed by atoms with E-state index in [2.05, 4.69) is 4.74 Å². The summed E-state index contributed by atoms with van der Waals surface area (Å²) in [5, 5.41) is 9.68. The molecule has 3 nitrogen and oxygen atoms in total. The average molecular weight is 269 g/mol. The maximum absolute atomic E-state index is 12.2. The number of alkyl halides is 3. The fraction of sp³-hybridized carbons (Fsp3) is 0.400. The second-order valence-corrected chi connectivity index (χ2v) is 3.96. The Balaban J connectivity index is 2.45. The van der Waals surface area contributed by atoms with E-state index in [4.69, 9.17) is 16.3 Å². The Hall–Kier alpha value is -1.14. The molecule has 0 saturated heterocycles. The van der Waals surface area contributed by atoms with Crippen molar-refractivity contribution in [3.05, 3.63) is 22.7 Å². The number of aliphatic hydroxyl groups is 1. The number of rotatable bonds is 1. The zero-order valence-corrected chi connectivity index (χ0v) is 9.18. The van der Waals surface area contributed by atoms with Crippen molar-refractivity contribution >= 4 is 11.6 Å². The summed E-state index contributed by atoms with van der Waals surface area (Å²) in [4.78, 5) is 0. The molecule has 0 saturated carbocycles. The van der Waals surface area contributed by atoms with Gasteiger partial charge in [-0.15, -0.1) is 13.2 Å². The molecule has 0 radical (unpaired) electrons. The van der Waals surface area contributed by atoms with Crippen LogP contribution in [-0.2, 0) is 0 Å². The van der Waals surface area contributed by atoms with Gasteiger partial charge in [0.2, 0.25) is 0 Å². The summed E-state index contributed by atoms with van der Waals surface area (Å²) < 4.78 is 45.4. The monoisotopic (exact) mass is 268 g/mol. The molecule has 1 aromatic rings. The Morgan fingerprint density at radius 2 is 2.12 bits per heavy atom. The van der Waals surface area contributed by atoms with Gasteiger partial charge in [0.05, 0.1) is 12.7 Å². The maximum atomic E-state index is 12.2. The van der Waals surface area contributed by atoms with E-state index >= 15 is 0 Å². The third-order valence-corrected chi connectivity index (χ3v) is 2.49. The van der Waals surface area contributed by atoms with Crippen LogP contribution in [0.5, 0.6) is 11.5 Å². The highest BCUT2D eigenvalue weighted by molar-refractivity contribution is 6.30. The first kappa shape index (κ1) is 12.3. The lowest BCUT2D eigenvalue weighted by Gasteiger charge is -2.24. The van der Waals surface area contributed by atoms with Crippen molar-refractivity contribution in [1.29, 1.82) is 0 Å². The van der Waals surface area contributed by atoms with Crippen molar-refractivity contribution in [3.63, 3.8) is 0 Å². The summed E-state index contributed by atoms with van der Waals surface area (Å²) in [5.41, 5.74) is 0.211. The quantitative estimate of drug-likeness (QED) is 0.851. The van der Waals surface area contributed by atoms with Gasteiger partial charge < -0.3 is 14.6 Å². The molecule has 1 unspecified atom stereocenters. The van der Waals surface area contributed by atoms with Crippen molar-refractivity contribution in [1.82, 2.24) is 0 Å². The van der Waals surface area contributed by atoms with Crippen molar-refractivity contribution in [3.8, 4) is 11.5 Å². The smallest absolute Gasteiger partial charge is 0.489 e. The Morgan fingerprint density at radius 3 is 2.76 bits per heavy atom. The van der Waals surface area contributed by atoms with Gasteiger partial charge in [0, 0.05) is 23.1 Å². The van der Waals surface area contributed by atoms with Crippen LogP contribution in [0.3, 0.4) is 0 Å². The van der Waals surface area contributed by atoms with Crippen molar-refractivity contribution < 1.29 is 27.8 Å². The maximum Gasteiger partial charge on any atom is 0.573 e. The second-order valence-electron chi connectivity index (χ2n) is 3.52. The van der Waals surface area contributed by atoms with Crippen LogP contribution in [0.4, 0.5) is 13.2 Å². The number of fused-ring (bicyclic) bond motifs is 1. The first-order valence-corrected chi connectivity index (χ1v) is 5.14. The van der Waals surface area contributed by atoms with Crippen LogP contribution >= 0.6 is 11.6 Å². The molecule has 17 heavy (non-hydrogen) atoms. The molecule has 2 rings (SSSR count). The third kappa shape index (κ3) is 2.76. The molecular formula is C10H8ClF3O3. The molecular weight excluding hydrogens is 261 g/mol. The third-order valence-electron chi connectivity index (χ3n) is 2.27. The van der Waals surface area contributed by atoms with Crippen LogP contribution in [0.25, 0.3) is 0 Å². The number of hydrogen-bond donors (Lipinski definition) is 1. The molecule has 1 aromatic carbocycles. The molecule has 1 aliphatic rings. The molecule has 7 heteroatoms. The summed E-state index contributed by atoms with van der Waals surface area (Å²) in [5.74, 6) is -0.635. The normalized spacial score (nSPS) is 19.5. The van der Waals surface area contributed by atoms with E-state index in [9.17, 15) is 18.3 Å². The molecule has 0 spiro atoms. The predicted molar refractivity (Wildman–Crippen MR) is 53.2 cm³/mol. The Kier molecular flexibility index (Phi) is 3.09. The number of benzene rings is 1. The van der Waals surface area contributed by atoms with Gasteiger partial charge in [-0.25, -0.2) is 0 Å². The summed E-state index contributed by atoms with van der Waals surface area (Å²) in [6.45, 7) is 0.129. The first-order chi connectivity index (χ1) is 7.87. The van der Waals surface area contributed by atoms with Gasteiger partial charge >= 0.3 is 6.36 Å². The van der Waals surface area contributed by atoms with E-state index in [1.807, 2.05) is 0 Å². The standard InChI is InChI=1S/C10H8ClF3O3/c11-5-3-6-7(15)1-2-16-9(6)8(4-5)17-10(12,13)14/h3-4,7,15H,1-2H2. The Labute approximate surface area is 99.7 Å². The lowest BCUT2D eigenvalue weighted by Crippen LogP contribution is -2.20. The number of aliphatic hydroxyl groups excluding tert-OH is 1. The molecule has 1 heterocycles. The molecule has 0 bridgehead atoms. The van der Waals surface area contributed by atoms with Crippen molar-refractivity contribution in [2.75, 3.05) is 6.61 Å². The highest BCUT2D eigenvalue weighted by Gasteiger charge is 2.34. The first-order valence-electron chi connectivity index (χ1n) is 4.77. The largest absolute Gasteiger partial charge is 0.573 e. The van der Waals surface area contributed by atoms with Gasteiger partial charge in [-0.1, -0.05) is 11.6 Å². The summed E-state index contributed by atoms with van der Waals surface area (Å²) in [7, 11) is 0. The van der Waals surface area contributed by atoms with Crippen molar-refractivity contribution in [2.45, 2.75) is 18.9 Å². The number of halogens is 4. The highest BCUT2D eigenvalue weighted by atomic mass is 35.5. The minimum absolute atomic E-state index is 0.0487. The topological polar surface area (TPSA) is 38.7 Å². The van der Waals surface area contributed by atoms with Crippen LogP contribution < -0.4 is 9.47 Å². The Bertz CT molecular complexity index is 434. The molecule has 1 atom stereocenters. The van der Waals surface area contributed by atoms with Gasteiger partial charge in [0.15, 0.2) is 11.5 Å². The van der Waals surface area contributed by atoms with E-state index in [0.717, 1.165) is 6.07 Å². The van der Waals surface area contributed by atoms with Crippen LogP contribution in [0.15, 0.2) is 12.1 Å². The van der Waals surface area contributed by atoms with Gasteiger partial charge in [-0.2, -0.15) is 0 Å². The lowest BCUT2D eigenvalue weighted by molar-refractivity contribution is -0.275. The van der Waals surface area contributed by atoms with Gasteiger partial charge in [0.25, 0.3) is 0 Å². The van der Waals surface area contributed by atoms with E-state index in [0.29, 0.717) is 6.42 Å². The SMILES string of the molecule is OC1CCOc2c(OC(F)(F)F)cc(Cl)cc21. The Morgan fingerprint density at radius 1 is 1.41 bits per heavy atom. The second kappa shape index (κ2) is 4.27. The van der Waals surface area contributed by atoms with Crippen molar-refractivity contribution in [2.24, 2.45) is 0 Å². The summed E-state index contributed by atoms with van der Waals surface area (Å²) in [6.07, 6.45) is -5.42. The summed E-state index contributed by atoms with van der Waals surface area (Å²) >= 11 is 5.66. The highest BCUT2D eigenvalue weighted by Crippen LogP contribution is 2.43. The molecule has 0 fully saturated rings. The number of ether oxygens (including phenoxy) is 2. The molecule has 1 aliphatic heterocycles. The lowest BCUT2D eigenvalue weighted by atomic mass is 10.0. The van der Waals surface area contributed by atoms with Crippen LogP contribution in [0.1, 0.15) is 18.1 Å². The van der Waals surface area contributed by atoms with Crippen LogP contribution in [0.2, 0.25) is 5.02 Å². The minimum atomic E-state index is -4.83. The van der Waals surface area contributed by atoms with Gasteiger partial charge in [0.1, 0.15) is 0 Å². The fourth-order valence-electron chi connectivity index (χ4n) is 1.62. The molecule has 1 N–H and O–H groups in total. The molecule has 0 aliphatic carbocycles. The average Bonchev–Trinajstić information content (AvgIpc) is 2.17. The summed E-state index contributed by atoms with van der Waals surface area (Å²) in [6, 6.07) is 2.37. The van der Waals surface area contributed by atoms with Crippen LogP contribution in [0, 0.1) is 0 Å². The predicted octanol–water partition coefficient (Wildman–Crippen LogP) is 3.05. The van der Waals surface area contributed by atoms with E-state index < -0.39 is 18.2 Å². The van der Waals surface area contributed by atoms with E-state index in [1.54, 1.807) is 0 Å². The molecule has 0 amide bonds. The van der Waals surface area contributed by atoms with Gasteiger partial charge in [-0.3, -0.25) is 0 Å². The fourth-order valence-corrected chi connectivity index (χ4v) is 1.84. The van der Waals surface area contributed by atoms with E-state index in [1.165, 1.54) is 6.07 Å². The number of hydrogen-bond acceptors (Lipinski definition) is 3. The zero-order valence-electron chi connectivity index (χ0n) is 8.42. The van der Waals surface area contributed by atoms with Gasteiger partial charge in [-0.05, 0) is 6.07 Å².